The van der Waals surface area contributed by atoms with Crippen molar-refractivity contribution < 1.29 is 32.9 Å². The molecule has 0 saturated heterocycles. The number of quaternary nitrogens is 1. The maximum Gasteiger partial charge on any atom is 0.268 e. The second-order valence-corrected chi connectivity index (χ2v) is 25.6. The quantitative estimate of drug-likeness (QED) is 0.0272. The van der Waals surface area contributed by atoms with Crippen LogP contribution in [0.1, 0.15) is 284 Å². The van der Waals surface area contributed by atoms with Gasteiger partial charge in [0.05, 0.1) is 39.9 Å². The number of hydrogen-bond donors (Lipinski definition) is 2. The minimum absolute atomic E-state index is 0.0105. The van der Waals surface area contributed by atoms with Gasteiger partial charge >= 0.3 is 0 Å². The van der Waals surface area contributed by atoms with Gasteiger partial charge in [0.1, 0.15) is 13.2 Å². The highest BCUT2D eigenvalue weighted by atomic mass is 31.2. The standard InChI is InChI=1S/C75H131N2O6P/c1-6-8-10-12-14-16-18-20-22-24-26-28-30-32-33-34-35-36-37-38-39-40-41-42-43-45-47-49-51-53-55-57-59-61-63-65-67-69-75(79)76-73(72-83-84(80,81)82-71-70-77(3,4)5)74(78)68-66-64-62-60-58-56-54-52-50-48-46-44-31-29-27-25-23-21-19-17-15-13-11-9-7-2/h8,10,14,16,20,22,26,28,32-33,35-36,38-39,41-42,45,47,51,53,66,68,73-74,78H,6-7,9,11-13,15,17-19,21,23-25,27,29-31,34,37,40,43-44,46,48-50,52,54-65,67,69-72H2,1-5H3,(H-,76,79,80,81)/b10-8-,16-14-,22-20-,28-26-,33-32-,36-35-,39-38-,42-41-,47-45-,53-51-,68-66+. The third-order valence-corrected chi connectivity index (χ3v) is 15.8. The fourth-order valence-corrected chi connectivity index (χ4v) is 10.3. The second-order valence-electron chi connectivity index (χ2n) is 24.2. The third-order valence-electron chi connectivity index (χ3n) is 14.9. The average molecular weight is 1190 g/mol. The van der Waals surface area contributed by atoms with Crippen LogP contribution in [-0.4, -0.2) is 68.5 Å². The van der Waals surface area contributed by atoms with Crippen LogP contribution in [0.3, 0.4) is 0 Å². The van der Waals surface area contributed by atoms with Crippen molar-refractivity contribution in [1.29, 1.82) is 0 Å². The van der Waals surface area contributed by atoms with Gasteiger partial charge in [0.15, 0.2) is 0 Å². The van der Waals surface area contributed by atoms with Crippen LogP contribution in [0, 0.1) is 0 Å². The molecule has 0 aromatic carbocycles. The number of carbonyl (C=O) groups is 1. The van der Waals surface area contributed by atoms with Crippen LogP contribution in [0.25, 0.3) is 0 Å². The third kappa shape index (κ3) is 66.2. The van der Waals surface area contributed by atoms with E-state index in [1.54, 1.807) is 6.08 Å². The molecular formula is C75H131N2O6P. The molecule has 0 aromatic rings. The highest BCUT2D eigenvalue weighted by Crippen LogP contribution is 2.38. The van der Waals surface area contributed by atoms with Gasteiger partial charge in [0.2, 0.25) is 5.91 Å². The molecule has 9 heteroatoms. The van der Waals surface area contributed by atoms with Gasteiger partial charge in [-0.3, -0.25) is 9.36 Å². The van der Waals surface area contributed by atoms with Crippen LogP contribution in [0.2, 0.25) is 0 Å². The van der Waals surface area contributed by atoms with Crippen LogP contribution >= 0.6 is 7.82 Å². The highest BCUT2D eigenvalue weighted by Gasteiger charge is 2.23. The number of phosphoric ester groups is 1. The summed E-state index contributed by atoms with van der Waals surface area (Å²) in [6.07, 6.45) is 97.0. The second kappa shape index (κ2) is 64.1. The Labute approximate surface area is 519 Å². The smallest absolute Gasteiger partial charge is 0.268 e. The molecule has 0 aliphatic carbocycles. The lowest BCUT2D eigenvalue weighted by molar-refractivity contribution is -0.870. The molecule has 0 heterocycles. The average Bonchev–Trinajstić information content (AvgIpc) is 3.56. The van der Waals surface area contributed by atoms with Crippen LogP contribution < -0.4 is 10.2 Å². The van der Waals surface area contributed by atoms with Crippen molar-refractivity contribution in [3.63, 3.8) is 0 Å². The minimum Gasteiger partial charge on any atom is -0.756 e. The normalized spacial score (nSPS) is 14.5. The maximum absolute atomic E-state index is 13.0. The molecule has 482 valence electrons. The lowest BCUT2D eigenvalue weighted by Gasteiger charge is -2.29. The number of aliphatic hydroxyl groups excluding tert-OH is 1. The van der Waals surface area contributed by atoms with E-state index in [0.29, 0.717) is 17.4 Å². The summed E-state index contributed by atoms with van der Waals surface area (Å²) in [6, 6.07) is -0.906. The Morgan fingerprint density at radius 3 is 1.06 bits per heavy atom. The van der Waals surface area contributed by atoms with E-state index in [2.05, 4.69) is 141 Å². The Hall–Kier alpha value is -3.36. The van der Waals surface area contributed by atoms with Gasteiger partial charge in [-0.2, -0.15) is 0 Å². The molecule has 3 atom stereocenters. The summed E-state index contributed by atoms with van der Waals surface area (Å²) in [5.41, 5.74) is 0. The monoisotopic (exact) mass is 1190 g/mol. The number of aliphatic hydroxyl groups is 1. The first-order valence-corrected chi connectivity index (χ1v) is 36.0. The Kier molecular flexibility index (Phi) is 61.6. The maximum atomic E-state index is 13.0. The zero-order chi connectivity index (χ0) is 61.2. The van der Waals surface area contributed by atoms with Gasteiger partial charge in [-0.15, -0.1) is 0 Å². The first-order valence-electron chi connectivity index (χ1n) is 34.5. The molecule has 1 amide bonds. The molecule has 8 nitrogen and oxygen atoms in total. The molecular weight excluding hydrogens is 1060 g/mol. The number of likely N-dealkylation sites (N-methyl/N-ethyl adjacent to an activating group) is 1. The first kappa shape index (κ1) is 80.6. The van der Waals surface area contributed by atoms with Crippen molar-refractivity contribution in [3.8, 4) is 0 Å². The van der Waals surface area contributed by atoms with Crippen molar-refractivity contribution in [2.75, 3.05) is 40.9 Å². The topological polar surface area (TPSA) is 108 Å². The Bertz CT molecular complexity index is 1830. The Morgan fingerprint density at radius 1 is 0.429 bits per heavy atom. The minimum atomic E-state index is -4.62. The number of hydrogen-bond acceptors (Lipinski definition) is 6. The number of nitrogens with one attached hydrogen (secondary N) is 1. The molecule has 3 unspecified atom stereocenters. The molecule has 84 heavy (non-hydrogen) atoms. The number of nitrogens with zero attached hydrogens (tertiary/aromatic N) is 1. The Morgan fingerprint density at radius 2 is 0.726 bits per heavy atom. The molecule has 0 bridgehead atoms. The van der Waals surface area contributed by atoms with E-state index in [0.717, 1.165) is 128 Å². The molecule has 0 saturated carbocycles. The molecule has 0 spiro atoms. The van der Waals surface area contributed by atoms with Gasteiger partial charge in [0.25, 0.3) is 7.82 Å². The summed E-state index contributed by atoms with van der Waals surface area (Å²) in [4.78, 5) is 25.6. The SMILES string of the molecule is CC/C=C\C/C=C\C/C=C\C/C=C\C/C=C\C/C=C\C/C=C\C/C=C\C/C=C\C/C=C\CCCCCCCCC(=O)NC(COP(=O)([O-])OCC[N+](C)(C)C)C(O)/C=C/CCCCCCCCCCCCCCCCCCCCCCCCC. The van der Waals surface area contributed by atoms with E-state index in [1.807, 2.05) is 27.2 Å². The summed E-state index contributed by atoms with van der Waals surface area (Å²) in [7, 11) is 1.24. The van der Waals surface area contributed by atoms with Crippen LogP contribution in [0.15, 0.2) is 134 Å². The molecule has 0 fully saturated rings. The number of carbonyl (C=O) groups excluding carboxylic acids is 1. The molecule has 0 aliphatic heterocycles. The zero-order valence-electron chi connectivity index (χ0n) is 55.1. The molecule has 2 N–H and O–H groups in total. The van der Waals surface area contributed by atoms with E-state index >= 15 is 0 Å². The number of rotatable bonds is 62. The summed E-state index contributed by atoms with van der Waals surface area (Å²) < 4.78 is 23.4. The number of amides is 1. The molecule has 0 aromatic heterocycles. The lowest BCUT2D eigenvalue weighted by Crippen LogP contribution is -2.45. The van der Waals surface area contributed by atoms with Crippen molar-refractivity contribution in [2.45, 2.75) is 296 Å². The number of allylic oxidation sites excluding steroid dienone is 21. The highest BCUT2D eigenvalue weighted by molar-refractivity contribution is 7.45. The van der Waals surface area contributed by atoms with E-state index in [-0.39, 0.29) is 12.5 Å². The fraction of sp³-hybridized carbons (Fsp3) is 0.693. The predicted octanol–water partition coefficient (Wildman–Crippen LogP) is 21.6. The van der Waals surface area contributed by atoms with Gasteiger partial charge in [-0.1, -0.05) is 314 Å². The van der Waals surface area contributed by atoms with Gasteiger partial charge in [-0.05, 0) is 96.3 Å². The Balaban J connectivity index is 4.19. The van der Waals surface area contributed by atoms with E-state index in [9.17, 15) is 19.4 Å². The lowest BCUT2D eigenvalue weighted by atomic mass is 10.0. The number of phosphoric acid groups is 1. The summed E-state index contributed by atoms with van der Waals surface area (Å²) in [6.45, 7) is 4.54. The van der Waals surface area contributed by atoms with E-state index < -0.39 is 26.6 Å². The fourth-order valence-electron chi connectivity index (χ4n) is 9.54. The van der Waals surface area contributed by atoms with Crippen LogP contribution in [-0.2, 0) is 18.4 Å². The summed E-state index contributed by atoms with van der Waals surface area (Å²) in [5.74, 6) is -0.215. The zero-order valence-corrected chi connectivity index (χ0v) is 56.0. The summed E-state index contributed by atoms with van der Waals surface area (Å²) >= 11 is 0. The predicted molar refractivity (Wildman–Crippen MR) is 366 cm³/mol. The van der Waals surface area contributed by atoms with Crippen LogP contribution in [0.5, 0.6) is 0 Å². The number of unbranched alkanes of at least 4 members (excludes halogenated alkanes) is 29. The molecule has 0 aliphatic rings. The van der Waals surface area contributed by atoms with E-state index in [4.69, 9.17) is 9.05 Å². The first-order chi connectivity index (χ1) is 41.0. The largest absolute Gasteiger partial charge is 0.756 e. The van der Waals surface area contributed by atoms with E-state index in [1.165, 1.54) is 135 Å². The van der Waals surface area contributed by atoms with Crippen LogP contribution in [0.4, 0.5) is 0 Å². The van der Waals surface area contributed by atoms with Crippen molar-refractivity contribution in [1.82, 2.24) is 5.32 Å². The molecule has 0 radical (unpaired) electrons. The summed E-state index contributed by atoms with van der Waals surface area (Å²) in [5, 5.41) is 13.9. The van der Waals surface area contributed by atoms with Crippen molar-refractivity contribution in [2.24, 2.45) is 0 Å². The van der Waals surface area contributed by atoms with Gasteiger partial charge < -0.3 is 28.8 Å². The van der Waals surface area contributed by atoms with Crippen molar-refractivity contribution in [3.05, 3.63) is 134 Å². The van der Waals surface area contributed by atoms with Gasteiger partial charge in [-0.25, -0.2) is 0 Å². The van der Waals surface area contributed by atoms with Gasteiger partial charge in [0, 0.05) is 6.42 Å². The molecule has 0 rings (SSSR count). The van der Waals surface area contributed by atoms with Crippen molar-refractivity contribution >= 4 is 13.7 Å².